The quantitative estimate of drug-likeness (QED) is 0.569. The van der Waals surface area contributed by atoms with Crippen molar-refractivity contribution in [3.63, 3.8) is 0 Å². The third-order valence-electron chi connectivity index (χ3n) is 3.30. The first kappa shape index (κ1) is 14.7. The van der Waals surface area contributed by atoms with Gasteiger partial charge in [-0.25, -0.2) is 10.1 Å². The minimum absolute atomic E-state index is 0.0832. The summed E-state index contributed by atoms with van der Waals surface area (Å²) in [5.41, 5.74) is 4.96. The van der Waals surface area contributed by atoms with Crippen LogP contribution in [0.5, 0.6) is 5.75 Å². The predicted molar refractivity (Wildman–Crippen MR) is 86.2 cm³/mol. The first-order valence-electron chi connectivity index (χ1n) is 7.05. The number of aromatic hydroxyl groups is 1. The Morgan fingerprint density at radius 2 is 1.96 bits per heavy atom. The number of para-hydroxylation sites is 2. The van der Waals surface area contributed by atoms with Gasteiger partial charge in [0, 0.05) is 0 Å². The SMILES string of the molecule is C/C(Cn1nnc2ccccc21)=N\NC(=O)c1ccccc1O. The molecule has 1 heterocycles. The van der Waals surface area contributed by atoms with Crippen LogP contribution < -0.4 is 5.43 Å². The molecule has 0 spiro atoms. The molecule has 2 aromatic carbocycles. The molecule has 1 amide bonds. The summed E-state index contributed by atoms with van der Waals surface area (Å²) in [5, 5.41) is 21.8. The first-order chi connectivity index (χ1) is 11.1. The van der Waals surface area contributed by atoms with Gasteiger partial charge in [-0.3, -0.25) is 4.79 Å². The van der Waals surface area contributed by atoms with E-state index in [0.29, 0.717) is 12.3 Å². The van der Waals surface area contributed by atoms with E-state index >= 15 is 0 Å². The highest BCUT2D eigenvalue weighted by Crippen LogP contribution is 2.15. The Bertz CT molecular complexity index is 885. The maximum Gasteiger partial charge on any atom is 0.275 e. The molecule has 3 rings (SSSR count). The smallest absolute Gasteiger partial charge is 0.275 e. The summed E-state index contributed by atoms with van der Waals surface area (Å²) < 4.78 is 1.71. The van der Waals surface area contributed by atoms with Crippen molar-refractivity contribution in [2.45, 2.75) is 13.5 Å². The van der Waals surface area contributed by atoms with Gasteiger partial charge in [0.1, 0.15) is 11.3 Å². The minimum atomic E-state index is -0.467. The molecule has 2 N–H and O–H groups in total. The van der Waals surface area contributed by atoms with Crippen molar-refractivity contribution < 1.29 is 9.90 Å². The van der Waals surface area contributed by atoms with Gasteiger partial charge in [0.15, 0.2) is 0 Å². The zero-order valence-corrected chi connectivity index (χ0v) is 12.5. The molecular formula is C16H15N5O2. The number of hydrogen-bond donors (Lipinski definition) is 2. The summed E-state index contributed by atoms with van der Waals surface area (Å²) in [7, 11) is 0. The molecule has 0 aliphatic carbocycles. The van der Waals surface area contributed by atoms with Crippen LogP contribution in [0.15, 0.2) is 53.6 Å². The molecule has 23 heavy (non-hydrogen) atoms. The van der Waals surface area contributed by atoms with E-state index in [9.17, 15) is 9.90 Å². The van der Waals surface area contributed by atoms with Crippen molar-refractivity contribution in [1.82, 2.24) is 20.4 Å². The molecule has 0 aliphatic rings. The lowest BCUT2D eigenvalue weighted by Gasteiger charge is -2.05. The van der Waals surface area contributed by atoms with Crippen molar-refractivity contribution in [2.24, 2.45) is 5.10 Å². The van der Waals surface area contributed by atoms with Gasteiger partial charge in [-0.15, -0.1) is 5.10 Å². The van der Waals surface area contributed by atoms with E-state index in [4.69, 9.17) is 0 Å². The zero-order chi connectivity index (χ0) is 16.2. The molecule has 116 valence electrons. The topological polar surface area (TPSA) is 92.4 Å². The minimum Gasteiger partial charge on any atom is -0.507 e. The maximum atomic E-state index is 12.0. The zero-order valence-electron chi connectivity index (χ0n) is 12.5. The first-order valence-corrected chi connectivity index (χ1v) is 7.05. The lowest BCUT2D eigenvalue weighted by molar-refractivity contribution is 0.0952. The van der Waals surface area contributed by atoms with Crippen molar-refractivity contribution in [1.29, 1.82) is 0 Å². The fraction of sp³-hybridized carbons (Fsp3) is 0.125. The molecule has 0 radical (unpaired) electrons. The highest BCUT2D eigenvalue weighted by molar-refractivity contribution is 5.97. The highest BCUT2D eigenvalue weighted by atomic mass is 16.3. The molecular weight excluding hydrogens is 294 g/mol. The van der Waals surface area contributed by atoms with Crippen molar-refractivity contribution in [3.05, 3.63) is 54.1 Å². The maximum absolute atomic E-state index is 12.0. The number of rotatable bonds is 4. The Kier molecular flexibility index (Phi) is 4.01. The van der Waals surface area contributed by atoms with Gasteiger partial charge in [-0.1, -0.05) is 29.5 Å². The highest BCUT2D eigenvalue weighted by Gasteiger charge is 2.09. The molecule has 0 bridgehead atoms. The second-order valence-corrected chi connectivity index (χ2v) is 5.04. The monoisotopic (exact) mass is 309 g/mol. The van der Waals surface area contributed by atoms with Crippen molar-refractivity contribution in [3.8, 4) is 5.75 Å². The van der Waals surface area contributed by atoms with E-state index in [1.807, 2.05) is 24.3 Å². The number of nitrogens with zero attached hydrogens (tertiary/aromatic N) is 4. The van der Waals surface area contributed by atoms with Crippen molar-refractivity contribution in [2.75, 3.05) is 0 Å². The van der Waals surface area contributed by atoms with Gasteiger partial charge >= 0.3 is 0 Å². The number of carbonyl (C=O) groups is 1. The average molecular weight is 309 g/mol. The summed E-state index contributed by atoms with van der Waals surface area (Å²) in [5.74, 6) is -0.550. The number of carbonyl (C=O) groups excluding carboxylic acids is 1. The van der Waals surface area contributed by atoms with Crippen LogP contribution in [0.1, 0.15) is 17.3 Å². The summed E-state index contributed by atoms with van der Waals surface area (Å²) >= 11 is 0. The van der Waals surface area contributed by atoms with E-state index in [1.165, 1.54) is 12.1 Å². The summed E-state index contributed by atoms with van der Waals surface area (Å²) in [6.45, 7) is 2.18. The molecule has 7 heteroatoms. The van der Waals surface area contributed by atoms with E-state index in [0.717, 1.165) is 11.0 Å². The fourth-order valence-electron chi connectivity index (χ4n) is 2.16. The molecule has 0 saturated carbocycles. The lowest BCUT2D eigenvalue weighted by atomic mass is 10.2. The van der Waals surface area contributed by atoms with Gasteiger partial charge in [0.2, 0.25) is 0 Å². The number of fused-ring (bicyclic) bond motifs is 1. The van der Waals surface area contributed by atoms with Crippen LogP contribution in [0.2, 0.25) is 0 Å². The van der Waals surface area contributed by atoms with Crippen LogP contribution >= 0.6 is 0 Å². The van der Waals surface area contributed by atoms with Gasteiger partial charge in [-0.05, 0) is 31.2 Å². The lowest BCUT2D eigenvalue weighted by Crippen LogP contribution is -2.20. The van der Waals surface area contributed by atoms with Crippen LogP contribution in [0.4, 0.5) is 0 Å². The Morgan fingerprint density at radius 3 is 2.78 bits per heavy atom. The number of phenols is 1. The van der Waals surface area contributed by atoms with Crippen LogP contribution in [0, 0.1) is 0 Å². The van der Waals surface area contributed by atoms with E-state index in [-0.39, 0.29) is 11.3 Å². The Morgan fingerprint density at radius 1 is 1.22 bits per heavy atom. The predicted octanol–water partition coefficient (Wildman–Crippen LogP) is 1.94. The Hall–Kier alpha value is -3.22. The number of hydrogen-bond acceptors (Lipinski definition) is 5. The third kappa shape index (κ3) is 3.18. The molecule has 7 nitrogen and oxygen atoms in total. The Labute approximate surface area is 132 Å². The van der Waals surface area contributed by atoms with Crippen molar-refractivity contribution >= 4 is 22.7 Å². The third-order valence-corrected chi connectivity index (χ3v) is 3.30. The van der Waals surface area contributed by atoms with Crippen LogP contribution in [0.25, 0.3) is 11.0 Å². The molecule has 3 aromatic rings. The Balaban J connectivity index is 1.71. The van der Waals surface area contributed by atoms with Gasteiger partial charge in [-0.2, -0.15) is 5.10 Å². The number of benzene rings is 2. The number of aromatic nitrogens is 3. The molecule has 0 unspecified atom stereocenters. The summed E-state index contributed by atoms with van der Waals surface area (Å²) in [6, 6.07) is 13.9. The average Bonchev–Trinajstić information content (AvgIpc) is 2.96. The molecule has 0 atom stereocenters. The van der Waals surface area contributed by atoms with Gasteiger partial charge < -0.3 is 5.11 Å². The largest absolute Gasteiger partial charge is 0.507 e. The normalized spacial score (nSPS) is 11.6. The van der Waals surface area contributed by atoms with Crippen LogP contribution in [-0.4, -0.2) is 31.7 Å². The van der Waals surface area contributed by atoms with E-state index < -0.39 is 5.91 Å². The number of amides is 1. The van der Waals surface area contributed by atoms with Crippen LogP contribution in [0.3, 0.4) is 0 Å². The molecule has 0 aliphatic heterocycles. The van der Waals surface area contributed by atoms with Crippen LogP contribution in [-0.2, 0) is 6.54 Å². The van der Waals surface area contributed by atoms with Gasteiger partial charge in [0.05, 0.1) is 23.3 Å². The molecule has 0 saturated heterocycles. The van der Waals surface area contributed by atoms with E-state index in [2.05, 4.69) is 20.8 Å². The second kappa shape index (κ2) is 6.27. The van der Waals surface area contributed by atoms with Gasteiger partial charge in [0.25, 0.3) is 5.91 Å². The molecule has 1 aromatic heterocycles. The summed E-state index contributed by atoms with van der Waals surface area (Å²) in [6.07, 6.45) is 0. The number of nitrogens with one attached hydrogen (secondary N) is 1. The number of hydrazone groups is 1. The standard InChI is InChI=1S/C16H15N5O2/c1-11(10-21-14-8-4-3-7-13(14)18-20-21)17-19-16(23)12-6-2-5-9-15(12)22/h2-9,22H,10H2,1H3,(H,19,23)/b17-11+. The second-order valence-electron chi connectivity index (χ2n) is 5.04. The number of phenolic OH excluding ortho intramolecular Hbond substituents is 1. The van der Waals surface area contributed by atoms with E-state index in [1.54, 1.807) is 23.7 Å². The fourth-order valence-corrected chi connectivity index (χ4v) is 2.16. The summed E-state index contributed by atoms with van der Waals surface area (Å²) in [4.78, 5) is 12.0. The molecule has 0 fully saturated rings.